The highest BCUT2D eigenvalue weighted by Gasteiger charge is 2.21. The van der Waals surface area contributed by atoms with Gasteiger partial charge in [0.05, 0.1) is 0 Å². The molecular weight excluding hydrogens is 176 g/mol. The largest absolute Gasteiger partial charge is 0.385 e. The quantitative estimate of drug-likeness (QED) is 0.719. The topological polar surface area (TPSA) is 24.5 Å². The van der Waals surface area contributed by atoms with Gasteiger partial charge in [0.25, 0.3) is 0 Å². The van der Waals surface area contributed by atoms with E-state index in [0.29, 0.717) is 6.04 Å². The van der Waals surface area contributed by atoms with Crippen molar-refractivity contribution in [1.29, 1.82) is 0 Å². The Morgan fingerprint density at radius 3 is 2.93 bits per heavy atom. The molecule has 2 unspecified atom stereocenters. The number of nitrogens with zero attached hydrogens (tertiary/aromatic N) is 1. The second-order valence-corrected chi connectivity index (χ2v) is 4.30. The van der Waals surface area contributed by atoms with Gasteiger partial charge in [-0.3, -0.25) is 4.90 Å². The van der Waals surface area contributed by atoms with Gasteiger partial charge in [-0.2, -0.15) is 0 Å². The van der Waals surface area contributed by atoms with Gasteiger partial charge in [-0.25, -0.2) is 0 Å². The fourth-order valence-corrected chi connectivity index (χ4v) is 2.03. The third-order valence-electron chi connectivity index (χ3n) is 3.28. The first-order chi connectivity index (χ1) is 6.75. The van der Waals surface area contributed by atoms with Crippen LogP contribution in [0.3, 0.4) is 0 Å². The van der Waals surface area contributed by atoms with Gasteiger partial charge in [0.1, 0.15) is 0 Å². The zero-order valence-corrected chi connectivity index (χ0v) is 9.75. The maximum atomic E-state index is 5.11. The first-order valence-corrected chi connectivity index (χ1v) is 5.67. The van der Waals surface area contributed by atoms with Crippen LogP contribution in [0.5, 0.6) is 0 Å². The van der Waals surface area contributed by atoms with Crippen molar-refractivity contribution in [3.05, 3.63) is 0 Å². The van der Waals surface area contributed by atoms with Crippen LogP contribution in [0.2, 0.25) is 0 Å². The van der Waals surface area contributed by atoms with Gasteiger partial charge in [-0.1, -0.05) is 0 Å². The molecule has 3 nitrogen and oxygen atoms in total. The maximum Gasteiger partial charge on any atom is 0.0477 e. The zero-order chi connectivity index (χ0) is 10.4. The average molecular weight is 200 g/mol. The summed E-state index contributed by atoms with van der Waals surface area (Å²) in [6.07, 6.45) is 3.77. The van der Waals surface area contributed by atoms with E-state index in [1.54, 1.807) is 7.11 Å². The minimum Gasteiger partial charge on any atom is -0.385 e. The Bertz CT molecular complexity index is 146. The molecule has 1 rings (SSSR count). The number of methoxy groups -OCH3 is 1. The molecule has 1 saturated heterocycles. The van der Waals surface area contributed by atoms with E-state index in [2.05, 4.69) is 24.2 Å². The Labute approximate surface area is 87.8 Å². The number of hydrogen-bond acceptors (Lipinski definition) is 3. The van der Waals surface area contributed by atoms with E-state index >= 15 is 0 Å². The van der Waals surface area contributed by atoms with Crippen LogP contribution in [0.4, 0.5) is 0 Å². The summed E-state index contributed by atoms with van der Waals surface area (Å²) < 4.78 is 5.11. The Hall–Kier alpha value is -0.120. The Morgan fingerprint density at radius 2 is 2.36 bits per heavy atom. The molecule has 1 aliphatic rings. The molecule has 1 N–H and O–H groups in total. The molecule has 14 heavy (non-hydrogen) atoms. The fourth-order valence-electron chi connectivity index (χ4n) is 2.03. The second-order valence-electron chi connectivity index (χ2n) is 4.30. The molecule has 1 fully saturated rings. The van der Waals surface area contributed by atoms with E-state index in [0.717, 1.165) is 25.6 Å². The molecule has 0 aromatic rings. The number of piperidine rings is 1. The molecular formula is C11H24N2O. The lowest BCUT2D eigenvalue weighted by atomic mass is 10.0. The van der Waals surface area contributed by atoms with Crippen LogP contribution in [-0.4, -0.2) is 50.8 Å². The van der Waals surface area contributed by atoms with Crippen LogP contribution in [0.25, 0.3) is 0 Å². The summed E-state index contributed by atoms with van der Waals surface area (Å²) in [7, 11) is 4.01. The summed E-state index contributed by atoms with van der Waals surface area (Å²) >= 11 is 0. The minimum atomic E-state index is 0.625. The van der Waals surface area contributed by atoms with Gasteiger partial charge < -0.3 is 10.1 Å². The standard InChI is InChI=1S/C11H24N2O/c1-10(6-8-14-3)13(2)11-5-4-7-12-9-11/h10-12H,4-9H2,1-3H3. The molecule has 0 spiro atoms. The summed E-state index contributed by atoms with van der Waals surface area (Å²) in [4.78, 5) is 2.49. The lowest BCUT2D eigenvalue weighted by Gasteiger charge is -2.35. The molecule has 0 bridgehead atoms. The predicted octanol–water partition coefficient (Wildman–Crippen LogP) is 1.10. The average Bonchev–Trinajstić information content (AvgIpc) is 2.26. The smallest absolute Gasteiger partial charge is 0.0477 e. The molecule has 0 aromatic carbocycles. The van der Waals surface area contributed by atoms with E-state index < -0.39 is 0 Å². The van der Waals surface area contributed by atoms with Crippen molar-refractivity contribution in [1.82, 2.24) is 10.2 Å². The number of likely N-dealkylation sites (N-methyl/N-ethyl adjacent to an activating group) is 1. The molecule has 0 aromatic heterocycles. The van der Waals surface area contributed by atoms with Crippen molar-refractivity contribution in [3.8, 4) is 0 Å². The molecule has 0 radical (unpaired) electrons. The molecule has 0 saturated carbocycles. The predicted molar refractivity (Wildman–Crippen MR) is 59.6 cm³/mol. The molecule has 1 heterocycles. The van der Waals surface area contributed by atoms with Gasteiger partial charge in [-0.15, -0.1) is 0 Å². The van der Waals surface area contributed by atoms with Crippen molar-refractivity contribution in [2.75, 3.05) is 33.9 Å². The third kappa shape index (κ3) is 3.56. The van der Waals surface area contributed by atoms with Gasteiger partial charge in [0, 0.05) is 32.3 Å². The lowest BCUT2D eigenvalue weighted by Crippen LogP contribution is -2.47. The highest BCUT2D eigenvalue weighted by atomic mass is 16.5. The van der Waals surface area contributed by atoms with E-state index in [1.165, 1.54) is 19.4 Å². The van der Waals surface area contributed by atoms with Gasteiger partial charge in [-0.05, 0) is 39.8 Å². The molecule has 3 heteroatoms. The Kier molecular flexibility index (Phi) is 5.45. The van der Waals surface area contributed by atoms with E-state index in [9.17, 15) is 0 Å². The summed E-state index contributed by atoms with van der Waals surface area (Å²) in [5.74, 6) is 0. The minimum absolute atomic E-state index is 0.625. The monoisotopic (exact) mass is 200 g/mol. The fraction of sp³-hybridized carbons (Fsp3) is 1.00. The summed E-state index contributed by atoms with van der Waals surface area (Å²) in [5, 5.41) is 3.45. The van der Waals surface area contributed by atoms with E-state index in [-0.39, 0.29) is 0 Å². The van der Waals surface area contributed by atoms with Crippen LogP contribution in [0.1, 0.15) is 26.2 Å². The van der Waals surface area contributed by atoms with E-state index in [1.807, 2.05) is 0 Å². The van der Waals surface area contributed by atoms with Crippen LogP contribution >= 0.6 is 0 Å². The Balaban J connectivity index is 2.26. The van der Waals surface area contributed by atoms with Gasteiger partial charge >= 0.3 is 0 Å². The SMILES string of the molecule is COCCC(C)N(C)C1CCCNC1. The zero-order valence-electron chi connectivity index (χ0n) is 9.75. The molecule has 0 amide bonds. The maximum absolute atomic E-state index is 5.11. The lowest BCUT2D eigenvalue weighted by molar-refractivity contribution is 0.115. The second kappa shape index (κ2) is 6.38. The van der Waals surface area contributed by atoms with Crippen molar-refractivity contribution in [3.63, 3.8) is 0 Å². The van der Waals surface area contributed by atoms with Crippen molar-refractivity contribution >= 4 is 0 Å². The number of rotatable bonds is 5. The van der Waals surface area contributed by atoms with Crippen molar-refractivity contribution < 1.29 is 4.74 Å². The molecule has 84 valence electrons. The Morgan fingerprint density at radius 1 is 1.57 bits per heavy atom. The first-order valence-electron chi connectivity index (χ1n) is 5.67. The number of ether oxygens (including phenoxy) is 1. The molecule has 1 aliphatic heterocycles. The van der Waals surface area contributed by atoms with Crippen LogP contribution in [0, 0.1) is 0 Å². The van der Waals surface area contributed by atoms with Crippen LogP contribution in [0.15, 0.2) is 0 Å². The normalized spacial score (nSPS) is 25.3. The van der Waals surface area contributed by atoms with Crippen molar-refractivity contribution in [2.24, 2.45) is 0 Å². The molecule has 0 aliphatic carbocycles. The van der Waals surface area contributed by atoms with Crippen LogP contribution in [-0.2, 0) is 4.74 Å². The third-order valence-corrected chi connectivity index (χ3v) is 3.28. The summed E-state index contributed by atoms with van der Waals surface area (Å²) in [5.41, 5.74) is 0. The number of nitrogens with one attached hydrogen (secondary N) is 1. The molecule has 2 atom stereocenters. The summed E-state index contributed by atoms with van der Waals surface area (Å²) in [6, 6.07) is 1.34. The van der Waals surface area contributed by atoms with Crippen LogP contribution < -0.4 is 5.32 Å². The van der Waals surface area contributed by atoms with E-state index in [4.69, 9.17) is 4.74 Å². The highest BCUT2D eigenvalue weighted by Crippen LogP contribution is 2.13. The van der Waals surface area contributed by atoms with Crippen molar-refractivity contribution in [2.45, 2.75) is 38.3 Å². The highest BCUT2D eigenvalue weighted by molar-refractivity contribution is 4.79. The summed E-state index contributed by atoms with van der Waals surface area (Å²) in [6.45, 7) is 5.49. The van der Waals surface area contributed by atoms with Gasteiger partial charge in [0.15, 0.2) is 0 Å². The first kappa shape index (κ1) is 12.0. The number of hydrogen-bond donors (Lipinski definition) is 1. The van der Waals surface area contributed by atoms with Gasteiger partial charge in [0.2, 0.25) is 0 Å².